The molecule has 0 saturated carbocycles. The molecule has 0 bridgehead atoms. The third-order valence-electron chi connectivity index (χ3n) is 2.90. The van der Waals surface area contributed by atoms with Crippen LogP contribution < -0.4 is 10.9 Å². The van der Waals surface area contributed by atoms with Crippen molar-refractivity contribution in [1.29, 1.82) is 0 Å². The summed E-state index contributed by atoms with van der Waals surface area (Å²) in [5, 5.41) is 0. The zero-order valence-electron chi connectivity index (χ0n) is 8.88. The highest BCUT2D eigenvalue weighted by atomic mass is 15.4. The molecule has 1 heterocycles. The van der Waals surface area contributed by atoms with Crippen LogP contribution in [0.25, 0.3) is 0 Å². The molecule has 0 atom stereocenters. The molecule has 0 aromatic heterocycles. The molecule has 14 heavy (non-hydrogen) atoms. The lowest BCUT2D eigenvalue weighted by molar-refractivity contribution is 0.689. The Bertz CT molecular complexity index is 284. The zero-order chi connectivity index (χ0) is 9.97. The normalized spacial score (nSPS) is 17.9. The quantitative estimate of drug-likeness (QED) is 0.745. The van der Waals surface area contributed by atoms with Crippen LogP contribution in [0.2, 0.25) is 0 Å². The highest BCUT2D eigenvalue weighted by molar-refractivity contribution is 5.28. The molecular formula is C12H18N2. The van der Waals surface area contributed by atoms with Crippen LogP contribution in [-0.2, 0) is 0 Å². The first-order valence-corrected chi connectivity index (χ1v) is 5.33. The second-order valence-corrected chi connectivity index (χ2v) is 4.28. The molecule has 1 aromatic carbocycles. The summed E-state index contributed by atoms with van der Waals surface area (Å²) in [6, 6.07) is 9.01. The monoisotopic (exact) mass is 190 g/mol. The van der Waals surface area contributed by atoms with Gasteiger partial charge >= 0.3 is 0 Å². The molecule has 1 saturated heterocycles. The van der Waals surface area contributed by atoms with Crippen LogP contribution in [-0.4, -0.2) is 13.1 Å². The van der Waals surface area contributed by atoms with Gasteiger partial charge in [0.15, 0.2) is 0 Å². The van der Waals surface area contributed by atoms with Crippen LogP contribution >= 0.6 is 0 Å². The number of hydrogen-bond donors (Lipinski definition) is 2. The molecular weight excluding hydrogens is 172 g/mol. The summed E-state index contributed by atoms with van der Waals surface area (Å²) in [5.74, 6) is 1.26. The van der Waals surface area contributed by atoms with Gasteiger partial charge in [-0.3, -0.25) is 10.9 Å². The number of rotatable bonds is 2. The highest BCUT2D eigenvalue weighted by Crippen LogP contribution is 2.20. The van der Waals surface area contributed by atoms with Crippen LogP contribution in [0.5, 0.6) is 0 Å². The van der Waals surface area contributed by atoms with Crippen LogP contribution in [0.4, 0.5) is 0 Å². The maximum absolute atomic E-state index is 3.16. The summed E-state index contributed by atoms with van der Waals surface area (Å²) in [6.45, 7) is 6.55. The van der Waals surface area contributed by atoms with Crippen molar-refractivity contribution in [3.05, 3.63) is 35.4 Å². The first kappa shape index (κ1) is 9.69. The fourth-order valence-electron chi connectivity index (χ4n) is 1.85. The van der Waals surface area contributed by atoms with E-state index in [1.54, 1.807) is 0 Å². The van der Waals surface area contributed by atoms with Crippen molar-refractivity contribution in [2.75, 3.05) is 13.1 Å². The van der Waals surface area contributed by atoms with Gasteiger partial charge in [0.1, 0.15) is 0 Å². The Morgan fingerprint density at radius 3 is 2.14 bits per heavy atom. The van der Waals surface area contributed by atoms with Crippen molar-refractivity contribution >= 4 is 0 Å². The topological polar surface area (TPSA) is 24.1 Å². The highest BCUT2D eigenvalue weighted by Gasteiger charge is 2.15. The summed E-state index contributed by atoms with van der Waals surface area (Å²) in [4.78, 5) is 0. The largest absolute Gasteiger partial charge is 0.257 e. The summed E-state index contributed by atoms with van der Waals surface area (Å²) in [5.41, 5.74) is 9.18. The SMILES string of the molecule is CC(C)c1ccc(C2CNNC2)cc1. The predicted octanol–water partition coefficient (Wildman–Crippen LogP) is 2.00. The summed E-state index contributed by atoms with van der Waals surface area (Å²) in [6.07, 6.45) is 0. The van der Waals surface area contributed by atoms with Crippen LogP contribution in [0.15, 0.2) is 24.3 Å². The van der Waals surface area contributed by atoms with E-state index in [9.17, 15) is 0 Å². The molecule has 0 aliphatic carbocycles. The summed E-state index contributed by atoms with van der Waals surface area (Å²) in [7, 11) is 0. The van der Waals surface area contributed by atoms with Crippen molar-refractivity contribution in [2.24, 2.45) is 0 Å². The second kappa shape index (κ2) is 4.11. The van der Waals surface area contributed by atoms with E-state index < -0.39 is 0 Å². The molecule has 2 N–H and O–H groups in total. The van der Waals surface area contributed by atoms with Crippen LogP contribution in [0.1, 0.15) is 36.8 Å². The first-order chi connectivity index (χ1) is 6.77. The van der Waals surface area contributed by atoms with Crippen molar-refractivity contribution in [3.8, 4) is 0 Å². The molecule has 76 valence electrons. The van der Waals surface area contributed by atoms with Gasteiger partial charge in [-0.15, -0.1) is 0 Å². The minimum Gasteiger partial charge on any atom is -0.257 e. The van der Waals surface area contributed by atoms with Gasteiger partial charge in [0.25, 0.3) is 0 Å². The van der Waals surface area contributed by atoms with Crippen molar-refractivity contribution < 1.29 is 0 Å². The Morgan fingerprint density at radius 1 is 1.07 bits per heavy atom. The minimum absolute atomic E-state index is 0.629. The molecule has 0 spiro atoms. The molecule has 2 heteroatoms. The standard InChI is InChI=1S/C12H18N2/c1-9(2)10-3-5-11(6-4-10)12-7-13-14-8-12/h3-6,9,12-14H,7-8H2,1-2H3. The lowest BCUT2D eigenvalue weighted by atomic mass is 9.96. The van der Waals surface area contributed by atoms with Gasteiger partial charge < -0.3 is 0 Å². The molecule has 1 aliphatic heterocycles. The first-order valence-electron chi connectivity index (χ1n) is 5.33. The van der Waals surface area contributed by atoms with Gasteiger partial charge in [-0.05, 0) is 17.0 Å². The van der Waals surface area contributed by atoms with Gasteiger partial charge in [-0.2, -0.15) is 0 Å². The Hall–Kier alpha value is -0.860. The molecule has 2 nitrogen and oxygen atoms in total. The second-order valence-electron chi connectivity index (χ2n) is 4.28. The van der Waals surface area contributed by atoms with E-state index in [1.165, 1.54) is 11.1 Å². The number of hydrazine groups is 1. The van der Waals surface area contributed by atoms with E-state index >= 15 is 0 Å². The van der Waals surface area contributed by atoms with E-state index in [2.05, 4.69) is 49.0 Å². The van der Waals surface area contributed by atoms with E-state index in [1.807, 2.05) is 0 Å². The van der Waals surface area contributed by atoms with Gasteiger partial charge in [0, 0.05) is 19.0 Å². The lowest BCUT2D eigenvalue weighted by Crippen LogP contribution is -2.21. The van der Waals surface area contributed by atoms with E-state index in [-0.39, 0.29) is 0 Å². The van der Waals surface area contributed by atoms with Gasteiger partial charge in [-0.1, -0.05) is 38.1 Å². The molecule has 0 radical (unpaired) electrons. The molecule has 1 fully saturated rings. The van der Waals surface area contributed by atoms with Crippen LogP contribution in [0.3, 0.4) is 0 Å². The van der Waals surface area contributed by atoms with Crippen molar-refractivity contribution in [1.82, 2.24) is 10.9 Å². The molecule has 2 rings (SSSR count). The lowest BCUT2D eigenvalue weighted by Gasteiger charge is -2.10. The summed E-state index contributed by atoms with van der Waals surface area (Å²) >= 11 is 0. The van der Waals surface area contributed by atoms with Crippen molar-refractivity contribution in [2.45, 2.75) is 25.7 Å². The average Bonchev–Trinajstić information content (AvgIpc) is 2.71. The predicted molar refractivity (Wildman–Crippen MR) is 59.3 cm³/mol. The number of nitrogens with one attached hydrogen (secondary N) is 2. The third kappa shape index (κ3) is 1.97. The molecule has 0 unspecified atom stereocenters. The van der Waals surface area contributed by atoms with E-state index in [4.69, 9.17) is 0 Å². The Kier molecular flexibility index (Phi) is 2.85. The molecule has 1 aromatic rings. The zero-order valence-corrected chi connectivity index (χ0v) is 8.88. The third-order valence-corrected chi connectivity index (χ3v) is 2.90. The molecule has 1 aliphatic rings. The van der Waals surface area contributed by atoms with E-state index in [0.29, 0.717) is 11.8 Å². The van der Waals surface area contributed by atoms with Crippen LogP contribution in [0, 0.1) is 0 Å². The maximum Gasteiger partial charge on any atom is 0.0181 e. The van der Waals surface area contributed by atoms with Gasteiger partial charge in [0.2, 0.25) is 0 Å². The van der Waals surface area contributed by atoms with E-state index in [0.717, 1.165) is 13.1 Å². The van der Waals surface area contributed by atoms with Gasteiger partial charge in [0.05, 0.1) is 0 Å². The fraction of sp³-hybridized carbons (Fsp3) is 0.500. The minimum atomic E-state index is 0.629. The fourth-order valence-corrected chi connectivity index (χ4v) is 1.85. The maximum atomic E-state index is 3.16. The van der Waals surface area contributed by atoms with Gasteiger partial charge in [-0.25, -0.2) is 0 Å². The summed E-state index contributed by atoms with van der Waals surface area (Å²) < 4.78 is 0. The smallest absolute Gasteiger partial charge is 0.0181 e. The Morgan fingerprint density at radius 2 is 1.64 bits per heavy atom. The Balaban J connectivity index is 2.12. The average molecular weight is 190 g/mol. The van der Waals surface area contributed by atoms with Crippen molar-refractivity contribution in [3.63, 3.8) is 0 Å². The Labute approximate surface area is 85.7 Å². The number of benzene rings is 1. The number of hydrogen-bond acceptors (Lipinski definition) is 2. The molecule has 0 amide bonds.